The zero-order valence-electron chi connectivity index (χ0n) is 13.8. The van der Waals surface area contributed by atoms with E-state index in [1.807, 2.05) is 60.0 Å². The minimum absolute atomic E-state index is 0.249. The fourth-order valence-electron chi connectivity index (χ4n) is 2.90. The molecular weight excluding hydrogens is 309 g/mol. The molecule has 1 heterocycles. The van der Waals surface area contributed by atoms with Gasteiger partial charge in [0.1, 0.15) is 5.82 Å². The monoisotopic (exact) mass is 325 g/mol. The van der Waals surface area contributed by atoms with Crippen molar-refractivity contribution in [3.63, 3.8) is 0 Å². The molecule has 0 aliphatic carbocycles. The molecule has 120 valence electrons. The van der Waals surface area contributed by atoms with Gasteiger partial charge in [0, 0.05) is 16.6 Å². The molecule has 0 saturated heterocycles. The van der Waals surface area contributed by atoms with Crippen molar-refractivity contribution in [1.82, 2.24) is 4.57 Å². The maximum absolute atomic E-state index is 13.8. The van der Waals surface area contributed by atoms with Gasteiger partial charge in [0.15, 0.2) is 0 Å². The number of hydrogen-bond acceptors (Lipinski definition) is 0. The van der Waals surface area contributed by atoms with Gasteiger partial charge in [-0.3, -0.25) is 0 Å². The molecule has 0 radical (unpaired) electrons. The van der Waals surface area contributed by atoms with Crippen LogP contribution in [-0.4, -0.2) is 4.57 Å². The maximum atomic E-state index is 13.8. The van der Waals surface area contributed by atoms with Gasteiger partial charge in [0.2, 0.25) is 0 Å². The molecule has 0 amide bonds. The van der Waals surface area contributed by atoms with Crippen molar-refractivity contribution >= 4 is 10.9 Å². The van der Waals surface area contributed by atoms with Crippen molar-refractivity contribution < 1.29 is 4.39 Å². The SMILES string of the molecule is Cc1ccc(-n2c(C#Cc3ccccc3)cc3ccc(F)cc32)cc1. The smallest absolute Gasteiger partial charge is 0.125 e. The molecule has 0 saturated carbocycles. The predicted octanol–water partition coefficient (Wildman–Crippen LogP) is 5.48. The molecule has 0 atom stereocenters. The lowest BCUT2D eigenvalue weighted by atomic mass is 10.2. The second-order valence-corrected chi connectivity index (χ2v) is 6.02. The summed E-state index contributed by atoms with van der Waals surface area (Å²) in [4.78, 5) is 0. The molecule has 1 nitrogen and oxygen atoms in total. The Bertz CT molecular complexity index is 1090. The summed E-state index contributed by atoms with van der Waals surface area (Å²) in [5.74, 6) is 6.19. The highest BCUT2D eigenvalue weighted by Crippen LogP contribution is 2.25. The average molecular weight is 325 g/mol. The van der Waals surface area contributed by atoms with E-state index in [4.69, 9.17) is 0 Å². The van der Waals surface area contributed by atoms with E-state index in [-0.39, 0.29) is 5.82 Å². The topological polar surface area (TPSA) is 4.93 Å². The number of halogens is 1. The van der Waals surface area contributed by atoms with Gasteiger partial charge in [-0.25, -0.2) is 4.39 Å². The van der Waals surface area contributed by atoms with Crippen LogP contribution in [0.5, 0.6) is 0 Å². The van der Waals surface area contributed by atoms with E-state index in [1.165, 1.54) is 11.6 Å². The molecule has 2 heteroatoms. The highest BCUT2D eigenvalue weighted by molar-refractivity contribution is 5.84. The van der Waals surface area contributed by atoms with Gasteiger partial charge in [0.25, 0.3) is 0 Å². The van der Waals surface area contributed by atoms with Crippen molar-refractivity contribution in [1.29, 1.82) is 0 Å². The maximum Gasteiger partial charge on any atom is 0.125 e. The van der Waals surface area contributed by atoms with Gasteiger partial charge in [-0.1, -0.05) is 41.8 Å². The van der Waals surface area contributed by atoms with Crippen LogP contribution in [0.2, 0.25) is 0 Å². The summed E-state index contributed by atoms with van der Waals surface area (Å²) in [5.41, 5.74) is 4.77. The molecule has 0 N–H and O–H groups in total. The molecule has 4 rings (SSSR count). The number of rotatable bonds is 1. The summed E-state index contributed by atoms with van der Waals surface area (Å²) in [5, 5.41) is 0.972. The van der Waals surface area contributed by atoms with Crippen LogP contribution in [0.4, 0.5) is 4.39 Å². The summed E-state index contributed by atoms with van der Waals surface area (Å²) in [6.45, 7) is 2.05. The van der Waals surface area contributed by atoms with Crippen LogP contribution < -0.4 is 0 Å². The number of hydrogen-bond donors (Lipinski definition) is 0. The van der Waals surface area contributed by atoms with Crippen molar-refractivity contribution in [3.05, 3.63) is 102 Å². The first kappa shape index (κ1) is 15.2. The Morgan fingerprint density at radius 2 is 1.56 bits per heavy atom. The molecule has 4 aromatic rings. The number of fused-ring (bicyclic) bond motifs is 1. The van der Waals surface area contributed by atoms with E-state index < -0.39 is 0 Å². The quantitative estimate of drug-likeness (QED) is 0.409. The Hall–Kier alpha value is -3.31. The molecule has 0 aliphatic heterocycles. The number of benzene rings is 3. The second-order valence-electron chi connectivity index (χ2n) is 6.02. The van der Waals surface area contributed by atoms with Crippen LogP contribution in [0.25, 0.3) is 16.6 Å². The minimum atomic E-state index is -0.249. The molecule has 1 aromatic heterocycles. The van der Waals surface area contributed by atoms with Gasteiger partial charge < -0.3 is 4.57 Å². The van der Waals surface area contributed by atoms with Gasteiger partial charge in [-0.05, 0) is 61.4 Å². The Balaban J connectivity index is 1.93. The molecular formula is C23H16FN. The normalized spacial score (nSPS) is 10.5. The van der Waals surface area contributed by atoms with E-state index in [9.17, 15) is 4.39 Å². The molecule has 0 spiro atoms. The molecule has 25 heavy (non-hydrogen) atoms. The number of nitrogens with zero attached hydrogens (tertiary/aromatic N) is 1. The summed E-state index contributed by atoms with van der Waals surface area (Å²) < 4.78 is 15.8. The van der Waals surface area contributed by atoms with E-state index in [2.05, 4.69) is 24.0 Å². The van der Waals surface area contributed by atoms with Crippen molar-refractivity contribution in [3.8, 4) is 17.5 Å². The standard InChI is InChI=1S/C23H16FN/c1-17-7-12-21(13-8-17)25-22(14-9-18-5-3-2-4-6-18)15-19-10-11-20(24)16-23(19)25/h2-8,10-13,15-16H,1H3. The van der Waals surface area contributed by atoms with Gasteiger partial charge in [0.05, 0.1) is 11.2 Å². The Kier molecular flexibility index (Phi) is 3.84. The van der Waals surface area contributed by atoms with Crippen molar-refractivity contribution in [2.45, 2.75) is 6.92 Å². The summed E-state index contributed by atoms with van der Waals surface area (Å²) in [6.07, 6.45) is 0. The average Bonchev–Trinajstić information content (AvgIpc) is 2.99. The third-order valence-electron chi connectivity index (χ3n) is 4.17. The van der Waals surface area contributed by atoms with Gasteiger partial charge in [-0.2, -0.15) is 0 Å². The Labute approximate surface area is 146 Å². The highest BCUT2D eigenvalue weighted by atomic mass is 19.1. The molecule has 0 aliphatic rings. The number of aromatic nitrogens is 1. The molecule has 3 aromatic carbocycles. The largest absolute Gasteiger partial charge is 0.302 e. The van der Waals surface area contributed by atoms with E-state index in [0.717, 1.165) is 27.8 Å². The van der Waals surface area contributed by atoms with Crippen LogP contribution in [0, 0.1) is 24.6 Å². The summed E-state index contributed by atoms with van der Waals surface area (Å²) in [7, 11) is 0. The fourth-order valence-corrected chi connectivity index (χ4v) is 2.90. The summed E-state index contributed by atoms with van der Waals surface area (Å²) in [6, 6.07) is 24.9. The van der Waals surface area contributed by atoms with E-state index >= 15 is 0 Å². The van der Waals surface area contributed by atoms with Crippen LogP contribution in [-0.2, 0) is 0 Å². The first-order chi connectivity index (χ1) is 12.2. The Morgan fingerprint density at radius 1 is 0.800 bits per heavy atom. The van der Waals surface area contributed by atoms with Crippen molar-refractivity contribution in [2.75, 3.05) is 0 Å². The third-order valence-corrected chi connectivity index (χ3v) is 4.17. The zero-order chi connectivity index (χ0) is 17.2. The first-order valence-electron chi connectivity index (χ1n) is 8.16. The second kappa shape index (κ2) is 6.30. The van der Waals surface area contributed by atoms with Gasteiger partial charge >= 0.3 is 0 Å². The lowest BCUT2D eigenvalue weighted by molar-refractivity contribution is 0.629. The molecule has 0 fully saturated rings. The van der Waals surface area contributed by atoms with Crippen LogP contribution in [0.3, 0.4) is 0 Å². The fraction of sp³-hybridized carbons (Fsp3) is 0.0435. The van der Waals surface area contributed by atoms with E-state index in [0.29, 0.717) is 0 Å². The molecule has 0 unspecified atom stereocenters. The lowest BCUT2D eigenvalue weighted by Crippen LogP contribution is -1.97. The lowest BCUT2D eigenvalue weighted by Gasteiger charge is -2.08. The third kappa shape index (κ3) is 3.05. The minimum Gasteiger partial charge on any atom is -0.302 e. The molecule has 0 bridgehead atoms. The van der Waals surface area contributed by atoms with E-state index in [1.54, 1.807) is 12.1 Å². The summed E-state index contributed by atoms with van der Waals surface area (Å²) >= 11 is 0. The predicted molar refractivity (Wildman–Crippen MR) is 100 cm³/mol. The van der Waals surface area contributed by atoms with Crippen LogP contribution in [0.1, 0.15) is 16.8 Å². The highest BCUT2D eigenvalue weighted by Gasteiger charge is 2.10. The first-order valence-corrected chi connectivity index (χ1v) is 8.16. The van der Waals surface area contributed by atoms with Crippen molar-refractivity contribution in [2.24, 2.45) is 0 Å². The van der Waals surface area contributed by atoms with Crippen LogP contribution in [0.15, 0.2) is 78.9 Å². The zero-order valence-corrected chi connectivity index (χ0v) is 13.8. The van der Waals surface area contributed by atoms with Gasteiger partial charge in [-0.15, -0.1) is 0 Å². The number of aryl methyl sites for hydroxylation is 1. The van der Waals surface area contributed by atoms with Crippen LogP contribution >= 0.6 is 0 Å². The Morgan fingerprint density at radius 3 is 2.32 bits per heavy atom.